The summed E-state index contributed by atoms with van der Waals surface area (Å²) in [5.74, 6) is 0.916. The number of aromatic hydroxyl groups is 1. The molecule has 0 amide bonds. The van der Waals surface area contributed by atoms with Gasteiger partial charge in [0.1, 0.15) is 11.5 Å². The van der Waals surface area contributed by atoms with Crippen LogP contribution < -0.4 is 29.1 Å². The van der Waals surface area contributed by atoms with E-state index in [0.29, 0.717) is 17.1 Å². The molecular formula is C20H20O8. The maximum Gasteiger partial charge on any atom is 0.235 e. The van der Waals surface area contributed by atoms with E-state index in [2.05, 4.69) is 0 Å². The van der Waals surface area contributed by atoms with Gasteiger partial charge in [0, 0.05) is 0 Å². The highest BCUT2D eigenvalue weighted by Crippen LogP contribution is 2.46. The zero-order chi connectivity index (χ0) is 20.4. The minimum absolute atomic E-state index is 0.0811. The maximum atomic E-state index is 12.9. The predicted molar refractivity (Wildman–Crippen MR) is 102 cm³/mol. The van der Waals surface area contributed by atoms with Crippen LogP contribution in [0.3, 0.4) is 0 Å². The Hall–Kier alpha value is -3.55. The van der Waals surface area contributed by atoms with Crippen LogP contribution in [0.1, 0.15) is 0 Å². The van der Waals surface area contributed by atoms with Gasteiger partial charge in [-0.05, 0) is 24.3 Å². The zero-order valence-corrected chi connectivity index (χ0v) is 16.1. The van der Waals surface area contributed by atoms with Crippen molar-refractivity contribution in [3.8, 4) is 45.8 Å². The van der Waals surface area contributed by atoms with E-state index >= 15 is 0 Å². The third kappa shape index (κ3) is 2.92. The molecule has 0 radical (unpaired) electrons. The van der Waals surface area contributed by atoms with Gasteiger partial charge in [-0.25, -0.2) is 0 Å². The zero-order valence-electron chi connectivity index (χ0n) is 16.1. The Morgan fingerprint density at radius 3 is 2.07 bits per heavy atom. The molecule has 0 spiro atoms. The van der Waals surface area contributed by atoms with Crippen molar-refractivity contribution in [2.24, 2.45) is 0 Å². The lowest BCUT2D eigenvalue weighted by molar-refractivity contribution is 0.323. The summed E-state index contributed by atoms with van der Waals surface area (Å²) in [5, 5.41) is 10.7. The molecule has 1 aromatic heterocycles. The second kappa shape index (κ2) is 7.59. The molecule has 0 aliphatic rings. The lowest BCUT2D eigenvalue weighted by atomic mass is 10.1. The van der Waals surface area contributed by atoms with Crippen molar-refractivity contribution in [3.05, 3.63) is 34.5 Å². The molecule has 2 aromatic carbocycles. The van der Waals surface area contributed by atoms with Crippen molar-refractivity contribution in [3.63, 3.8) is 0 Å². The van der Waals surface area contributed by atoms with Crippen LogP contribution in [-0.4, -0.2) is 40.7 Å². The number of benzene rings is 2. The lowest BCUT2D eigenvalue weighted by Crippen LogP contribution is -2.06. The number of fused-ring (bicyclic) bond motifs is 1. The fourth-order valence-electron chi connectivity index (χ4n) is 2.95. The van der Waals surface area contributed by atoms with Crippen LogP contribution >= 0.6 is 0 Å². The van der Waals surface area contributed by atoms with Crippen LogP contribution in [0, 0.1) is 0 Å². The molecule has 0 atom stereocenters. The van der Waals surface area contributed by atoms with Gasteiger partial charge in [-0.15, -0.1) is 0 Å². The van der Waals surface area contributed by atoms with Gasteiger partial charge in [-0.3, -0.25) is 4.79 Å². The maximum absolute atomic E-state index is 12.9. The van der Waals surface area contributed by atoms with Gasteiger partial charge in [0.05, 0.1) is 46.5 Å². The van der Waals surface area contributed by atoms with Crippen molar-refractivity contribution < 1.29 is 33.2 Å². The second-order valence-corrected chi connectivity index (χ2v) is 5.70. The lowest BCUT2D eigenvalue weighted by Gasteiger charge is -2.16. The van der Waals surface area contributed by atoms with Gasteiger partial charge < -0.3 is 33.2 Å². The molecule has 8 nitrogen and oxygen atoms in total. The molecule has 0 saturated carbocycles. The largest absolute Gasteiger partial charge is 0.502 e. The molecule has 1 heterocycles. The Kier molecular flexibility index (Phi) is 5.21. The van der Waals surface area contributed by atoms with Crippen LogP contribution in [0.4, 0.5) is 0 Å². The van der Waals surface area contributed by atoms with Gasteiger partial charge in [0.2, 0.25) is 22.7 Å². The molecule has 0 bridgehead atoms. The first-order valence-electron chi connectivity index (χ1n) is 8.21. The average molecular weight is 388 g/mol. The molecule has 0 unspecified atom stereocenters. The summed E-state index contributed by atoms with van der Waals surface area (Å²) >= 11 is 0. The van der Waals surface area contributed by atoms with Gasteiger partial charge in [-0.1, -0.05) is 0 Å². The van der Waals surface area contributed by atoms with E-state index in [0.717, 1.165) is 0 Å². The van der Waals surface area contributed by atoms with Crippen LogP contribution in [0.25, 0.3) is 22.3 Å². The third-order valence-electron chi connectivity index (χ3n) is 4.31. The van der Waals surface area contributed by atoms with Crippen molar-refractivity contribution in [1.82, 2.24) is 0 Å². The molecule has 1 N–H and O–H groups in total. The van der Waals surface area contributed by atoms with Gasteiger partial charge in [0.15, 0.2) is 17.1 Å². The average Bonchev–Trinajstić information content (AvgIpc) is 2.74. The molecule has 0 saturated heterocycles. The highest BCUT2D eigenvalue weighted by molar-refractivity contribution is 5.91. The summed E-state index contributed by atoms with van der Waals surface area (Å²) in [7, 11) is 7.25. The van der Waals surface area contributed by atoms with Gasteiger partial charge >= 0.3 is 0 Å². The van der Waals surface area contributed by atoms with E-state index in [4.69, 9.17) is 28.1 Å². The predicted octanol–water partition coefficient (Wildman–Crippen LogP) is 3.21. The minimum atomic E-state index is -0.652. The smallest absolute Gasteiger partial charge is 0.235 e. The van der Waals surface area contributed by atoms with Gasteiger partial charge in [0.25, 0.3) is 0 Å². The van der Waals surface area contributed by atoms with Crippen LogP contribution in [-0.2, 0) is 0 Å². The number of methoxy groups -OCH3 is 5. The number of rotatable bonds is 6. The summed E-state index contributed by atoms with van der Waals surface area (Å²) in [6, 6.07) is 6.35. The van der Waals surface area contributed by atoms with E-state index in [9.17, 15) is 9.90 Å². The first kappa shape index (κ1) is 19.2. The SMILES string of the molecule is COc1ccc(OC)c(-c2oc3c(OC)c(OC)c(OC)cc3c(=O)c2O)c1. The number of ether oxygens (including phenoxy) is 5. The van der Waals surface area contributed by atoms with Crippen molar-refractivity contribution in [2.75, 3.05) is 35.5 Å². The number of hydrogen-bond acceptors (Lipinski definition) is 8. The Labute approximate surface area is 160 Å². The quantitative estimate of drug-likeness (QED) is 0.688. The summed E-state index contributed by atoms with van der Waals surface area (Å²) in [6.45, 7) is 0. The summed E-state index contributed by atoms with van der Waals surface area (Å²) in [5.41, 5.74) is -0.210. The molecule has 3 rings (SSSR count). The van der Waals surface area contributed by atoms with Crippen LogP contribution in [0.5, 0.6) is 34.5 Å². The second-order valence-electron chi connectivity index (χ2n) is 5.70. The van der Waals surface area contributed by atoms with Crippen molar-refractivity contribution in [2.45, 2.75) is 0 Å². The molecule has 8 heteroatoms. The molecule has 3 aromatic rings. The van der Waals surface area contributed by atoms with Crippen molar-refractivity contribution >= 4 is 11.0 Å². The Bertz CT molecular complexity index is 1080. The molecule has 0 aliphatic carbocycles. The van der Waals surface area contributed by atoms with E-state index in [1.807, 2.05) is 0 Å². The van der Waals surface area contributed by atoms with E-state index in [1.54, 1.807) is 18.2 Å². The van der Waals surface area contributed by atoms with E-state index in [1.165, 1.54) is 41.6 Å². The molecule has 148 valence electrons. The van der Waals surface area contributed by atoms with E-state index < -0.39 is 11.2 Å². The Morgan fingerprint density at radius 1 is 0.821 bits per heavy atom. The summed E-state index contributed by atoms with van der Waals surface area (Å²) in [4.78, 5) is 12.9. The molecule has 0 aliphatic heterocycles. The monoisotopic (exact) mass is 388 g/mol. The van der Waals surface area contributed by atoms with Crippen molar-refractivity contribution in [1.29, 1.82) is 0 Å². The third-order valence-corrected chi connectivity index (χ3v) is 4.31. The standard InChI is InChI=1S/C20H20O8/c1-23-10-6-7-13(24-2)11(8-10)17-16(22)15(21)12-9-14(25-3)19(26-4)20(27-5)18(12)28-17/h6-9,22H,1-5H3. The van der Waals surface area contributed by atoms with Crippen LogP contribution in [0.2, 0.25) is 0 Å². The first-order chi connectivity index (χ1) is 13.5. The molecular weight excluding hydrogens is 368 g/mol. The fourth-order valence-corrected chi connectivity index (χ4v) is 2.95. The summed E-state index contributed by atoms with van der Waals surface area (Å²) < 4.78 is 32.5. The molecule has 28 heavy (non-hydrogen) atoms. The van der Waals surface area contributed by atoms with Crippen LogP contribution in [0.15, 0.2) is 33.5 Å². The molecule has 0 fully saturated rings. The normalized spacial score (nSPS) is 10.6. The number of hydrogen-bond donors (Lipinski definition) is 1. The highest BCUT2D eigenvalue weighted by Gasteiger charge is 2.25. The first-order valence-corrected chi connectivity index (χ1v) is 8.21. The fraction of sp³-hybridized carbons (Fsp3) is 0.250. The Morgan fingerprint density at radius 2 is 1.50 bits per heavy atom. The van der Waals surface area contributed by atoms with E-state index in [-0.39, 0.29) is 34.0 Å². The van der Waals surface area contributed by atoms with Gasteiger partial charge in [-0.2, -0.15) is 0 Å². The Balaban J connectivity index is 2.44. The highest BCUT2D eigenvalue weighted by atomic mass is 16.5. The minimum Gasteiger partial charge on any atom is -0.502 e. The summed E-state index contributed by atoms with van der Waals surface area (Å²) in [6.07, 6.45) is 0. The topological polar surface area (TPSA) is 96.6 Å².